The zero-order valence-electron chi connectivity index (χ0n) is 11.5. The lowest BCUT2D eigenvalue weighted by atomic mass is 10.0. The summed E-state index contributed by atoms with van der Waals surface area (Å²) >= 11 is 0. The van der Waals surface area contributed by atoms with Crippen LogP contribution in [-0.4, -0.2) is 17.6 Å². The maximum absolute atomic E-state index is 13.4. The van der Waals surface area contributed by atoms with Crippen LogP contribution in [0.3, 0.4) is 0 Å². The Labute approximate surface area is 113 Å². The summed E-state index contributed by atoms with van der Waals surface area (Å²) in [7, 11) is 0. The van der Waals surface area contributed by atoms with E-state index >= 15 is 0 Å². The summed E-state index contributed by atoms with van der Waals surface area (Å²) in [4.78, 5) is 11.6. The summed E-state index contributed by atoms with van der Waals surface area (Å²) < 4.78 is 13.4. The molecule has 1 atom stereocenters. The van der Waals surface area contributed by atoms with E-state index in [0.717, 1.165) is 12.0 Å². The highest BCUT2D eigenvalue weighted by molar-refractivity contribution is 5.92. The van der Waals surface area contributed by atoms with Gasteiger partial charge in [0.2, 0.25) is 0 Å². The van der Waals surface area contributed by atoms with Crippen LogP contribution in [0, 0.1) is 0 Å². The van der Waals surface area contributed by atoms with Gasteiger partial charge in [-0.05, 0) is 37.0 Å². The predicted octanol–water partition coefficient (Wildman–Crippen LogP) is 2.66. The second-order valence-electron chi connectivity index (χ2n) is 4.62. The van der Waals surface area contributed by atoms with E-state index in [2.05, 4.69) is 5.32 Å². The van der Waals surface area contributed by atoms with E-state index < -0.39 is 17.8 Å². The van der Waals surface area contributed by atoms with E-state index in [4.69, 9.17) is 0 Å². The van der Waals surface area contributed by atoms with E-state index in [9.17, 15) is 14.3 Å². The van der Waals surface area contributed by atoms with Crippen LogP contribution in [0.15, 0.2) is 35.7 Å². The van der Waals surface area contributed by atoms with Gasteiger partial charge in [0.1, 0.15) is 0 Å². The largest absolute Gasteiger partial charge is 0.394 e. The lowest BCUT2D eigenvalue weighted by Gasteiger charge is -2.16. The number of aliphatic hydroxyl groups excluding tert-OH is 1. The molecule has 1 aromatic rings. The Balaban J connectivity index is 2.83. The smallest absolute Gasteiger partial charge is 0.280 e. The van der Waals surface area contributed by atoms with Crippen LogP contribution >= 0.6 is 0 Å². The molecule has 3 nitrogen and oxygen atoms in total. The Morgan fingerprint density at radius 1 is 1.32 bits per heavy atom. The van der Waals surface area contributed by atoms with Crippen LogP contribution in [-0.2, 0) is 11.2 Å². The van der Waals surface area contributed by atoms with Gasteiger partial charge in [0.25, 0.3) is 5.91 Å². The first-order chi connectivity index (χ1) is 8.99. The number of aliphatic hydroxyl groups is 1. The molecule has 104 valence electrons. The molecule has 1 amide bonds. The molecule has 1 aromatic carbocycles. The maximum atomic E-state index is 13.4. The van der Waals surface area contributed by atoms with Gasteiger partial charge in [-0.15, -0.1) is 0 Å². The molecule has 0 radical (unpaired) electrons. The first kappa shape index (κ1) is 15.4. The number of hydrogen-bond donors (Lipinski definition) is 2. The predicted molar refractivity (Wildman–Crippen MR) is 73.3 cm³/mol. The molecule has 0 spiro atoms. The molecule has 1 rings (SSSR count). The van der Waals surface area contributed by atoms with Crippen LogP contribution in [0.4, 0.5) is 4.39 Å². The highest BCUT2D eigenvalue weighted by Crippen LogP contribution is 2.15. The van der Waals surface area contributed by atoms with Crippen LogP contribution < -0.4 is 5.32 Å². The average molecular weight is 265 g/mol. The minimum absolute atomic E-state index is 0.271. The van der Waals surface area contributed by atoms with Gasteiger partial charge in [0.05, 0.1) is 12.6 Å². The fourth-order valence-electron chi connectivity index (χ4n) is 1.67. The van der Waals surface area contributed by atoms with Crippen molar-refractivity contribution in [1.82, 2.24) is 5.32 Å². The van der Waals surface area contributed by atoms with Gasteiger partial charge in [-0.25, -0.2) is 4.39 Å². The van der Waals surface area contributed by atoms with Crippen LogP contribution in [0.5, 0.6) is 0 Å². The number of allylic oxidation sites excluding steroid dienone is 1. The van der Waals surface area contributed by atoms with E-state index in [0.29, 0.717) is 5.57 Å². The Bertz CT molecular complexity index is 462. The van der Waals surface area contributed by atoms with Crippen LogP contribution in [0.25, 0.3) is 0 Å². The number of nitrogens with one attached hydrogen (secondary N) is 1. The summed E-state index contributed by atoms with van der Waals surface area (Å²) in [5.74, 6) is -1.60. The third kappa shape index (κ3) is 4.17. The molecule has 0 saturated heterocycles. The first-order valence-corrected chi connectivity index (χ1v) is 6.33. The number of carbonyl (C=O) groups excluding carboxylic acids is 1. The second kappa shape index (κ2) is 7.04. The Kier molecular flexibility index (Phi) is 5.70. The van der Waals surface area contributed by atoms with Gasteiger partial charge < -0.3 is 10.4 Å². The third-order valence-electron chi connectivity index (χ3n) is 2.92. The number of aryl methyl sites for hydroxylation is 1. The molecule has 4 heteroatoms. The monoisotopic (exact) mass is 265 g/mol. The lowest BCUT2D eigenvalue weighted by molar-refractivity contribution is -0.120. The minimum Gasteiger partial charge on any atom is -0.394 e. The third-order valence-corrected chi connectivity index (χ3v) is 2.92. The zero-order chi connectivity index (χ0) is 14.4. The minimum atomic E-state index is -0.802. The molecule has 0 aromatic heterocycles. The summed E-state index contributed by atoms with van der Waals surface area (Å²) in [6.07, 6.45) is 0.919. The molecule has 19 heavy (non-hydrogen) atoms. The quantitative estimate of drug-likeness (QED) is 0.804. The summed E-state index contributed by atoms with van der Waals surface area (Å²) in [5, 5.41) is 11.8. The van der Waals surface area contributed by atoms with Crippen LogP contribution in [0.1, 0.15) is 37.9 Å². The number of halogens is 1. The molecule has 0 bridgehead atoms. The molecule has 0 aliphatic carbocycles. The summed E-state index contributed by atoms with van der Waals surface area (Å²) in [6.45, 7) is 4.83. The molecule has 0 saturated carbocycles. The Hall–Kier alpha value is -1.68. The van der Waals surface area contributed by atoms with Crippen molar-refractivity contribution in [1.29, 1.82) is 0 Å². The van der Waals surface area contributed by atoms with Crippen molar-refractivity contribution in [2.75, 3.05) is 6.61 Å². The molecule has 0 aliphatic rings. The van der Waals surface area contributed by atoms with E-state index in [1.807, 2.05) is 31.2 Å². The Morgan fingerprint density at radius 3 is 2.32 bits per heavy atom. The summed E-state index contributed by atoms with van der Waals surface area (Å²) in [6, 6.07) is 6.94. The van der Waals surface area contributed by atoms with Crippen molar-refractivity contribution in [3.8, 4) is 0 Å². The number of amides is 1. The normalized spacial score (nSPS) is 11.8. The average Bonchev–Trinajstić information content (AvgIpc) is 2.43. The fraction of sp³-hybridized carbons (Fsp3) is 0.400. The van der Waals surface area contributed by atoms with Crippen molar-refractivity contribution < 1.29 is 14.3 Å². The molecule has 1 unspecified atom stereocenters. The van der Waals surface area contributed by atoms with Gasteiger partial charge in [-0.3, -0.25) is 4.79 Å². The molecular weight excluding hydrogens is 245 g/mol. The SMILES string of the molecule is CCc1ccc(C(CO)NC(=O)C(F)=C(C)C)cc1. The lowest BCUT2D eigenvalue weighted by Crippen LogP contribution is -2.31. The first-order valence-electron chi connectivity index (χ1n) is 6.33. The second-order valence-corrected chi connectivity index (χ2v) is 4.62. The molecule has 0 aliphatic heterocycles. The molecule has 0 heterocycles. The van der Waals surface area contributed by atoms with Gasteiger partial charge in [0, 0.05) is 0 Å². The highest BCUT2D eigenvalue weighted by Gasteiger charge is 2.17. The van der Waals surface area contributed by atoms with Gasteiger partial charge in [0.15, 0.2) is 5.83 Å². The fourth-order valence-corrected chi connectivity index (χ4v) is 1.67. The van der Waals surface area contributed by atoms with Gasteiger partial charge >= 0.3 is 0 Å². The maximum Gasteiger partial charge on any atom is 0.280 e. The van der Waals surface area contributed by atoms with Crippen LogP contribution in [0.2, 0.25) is 0 Å². The number of carbonyl (C=O) groups is 1. The van der Waals surface area contributed by atoms with E-state index in [-0.39, 0.29) is 6.61 Å². The number of rotatable bonds is 5. The molecule has 0 fully saturated rings. The van der Waals surface area contributed by atoms with Gasteiger partial charge in [-0.2, -0.15) is 0 Å². The van der Waals surface area contributed by atoms with Gasteiger partial charge in [-0.1, -0.05) is 31.2 Å². The topological polar surface area (TPSA) is 49.3 Å². The van der Waals surface area contributed by atoms with Crippen molar-refractivity contribution in [2.45, 2.75) is 33.2 Å². The van der Waals surface area contributed by atoms with E-state index in [1.165, 1.54) is 19.4 Å². The summed E-state index contributed by atoms with van der Waals surface area (Å²) in [5.41, 5.74) is 2.24. The number of hydrogen-bond acceptors (Lipinski definition) is 2. The van der Waals surface area contributed by atoms with E-state index in [1.54, 1.807) is 0 Å². The van der Waals surface area contributed by atoms with Crippen molar-refractivity contribution in [3.63, 3.8) is 0 Å². The zero-order valence-corrected chi connectivity index (χ0v) is 11.5. The highest BCUT2D eigenvalue weighted by atomic mass is 19.1. The number of benzene rings is 1. The molecular formula is C15H20FNO2. The van der Waals surface area contributed by atoms with Crippen molar-refractivity contribution in [2.24, 2.45) is 0 Å². The Morgan fingerprint density at radius 2 is 1.89 bits per heavy atom. The van der Waals surface area contributed by atoms with Crippen molar-refractivity contribution >= 4 is 5.91 Å². The van der Waals surface area contributed by atoms with Crippen molar-refractivity contribution in [3.05, 3.63) is 46.8 Å². The molecule has 2 N–H and O–H groups in total. The standard InChI is InChI=1S/C15H20FNO2/c1-4-11-5-7-12(8-6-11)13(9-18)17-15(19)14(16)10(2)3/h5-8,13,18H,4,9H2,1-3H3,(H,17,19).